The average Bonchev–Trinajstić information content (AvgIpc) is 3.30. The van der Waals surface area contributed by atoms with Gasteiger partial charge in [-0.2, -0.15) is 18.3 Å². The fraction of sp³-hybridized carbons (Fsp3) is 0.0952. The van der Waals surface area contributed by atoms with Gasteiger partial charge in [-0.05, 0) is 43.3 Å². The number of hydrogen-bond acceptors (Lipinski definition) is 3. The van der Waals surface area contributed by atoms with E-state index in [1.165, 1.54) is 6.07 Å². The molecule has 1 N–H and O–H groups in total. The topological polar surface area (TPSA) is 59.4 Å². The lowest BCUT2D eigenvalue weighted by molar-refractivity contribution is -0.141. The Morgan fingerprint density at radius 3 is 2.62 bits per heavy atom. The molecule has 5 aromatic rings. The van der Waals surface area contributed by atoms with Gasteiger partial charge >= 0.3 is 6.18 Å². The number of aryl methyl sites for hydroxylation is 1. The molecule has 0 aliphatic carbocycles. The van der Waals surface area contributed by atoms with Crippen LogP contribution in [0.3, 0.4) is 0 Å². The van der Waals surface area contributed by atoms with E-state index in [0.717, 1.165) is 28.1 Å². The molecule has 0 atom stereocenters. The number of hydrogen-bond donors (Lipinski definition) is 1. The summed E-state index contributed by atoms with van der Waals surface area (Å²) in [5, 5.41) is 7.72. The van der Waals surface area contributed by atoms with Crippen LogP contribution in [0.25, 0.3) is 39.1 Å². The zero-order chi connectivity index (χ0) is 20.2. The molecule has 0 spiro atoms. The third kappa shape index (κ3) is 2.93. The quantitative estimate of drug-likeness (QED) is 0.443. The Morgan fingerprint density at radius 2 is 1.83 bits per heavy atom. The molecule has 5 nitrogen and oxygen atoms in total. The maximum absolute atomic E-state index is 13.3. The Balaban J connectivity index is 1.85. The number of pyridine rings is 1. The van der Waals surface area contributed by atoms with Gasteiger partial charge in [0.05, 0.1) is 11.7 Å². The van der Waals surface area contributed by atoms with Crippen LogP contribution in [-0.2, 0) is 6.18 Å². The van der Waals surface area contributed by atoms with E-state index < -0.39 is 11.9 Å². The number of halogens is 3. The van der Waals surface area contributed by atoms with Crippen LogP contribution < -0.4 is 0 Å². The Bertz CT molecular complexity index is 1360. The molecule has 29 heavy (non-hydrogen) atoms. The van der Waals surface area contributed by atoms with Gasteiger partial charge in [0.15, 0.2) is 5.65 Å². The van der Waals surface area contributed by atoms with E-state index >= 15 is 0 Å². The first-order valence-corrected chi connectivity index (χ1v) is 8.87. The van der Waals surface area contributed by atoms with Gasteiger partial charge in [-0.25, -0.2) is 9.97 Å². The maximum Gasteiger partial charge on any atom is 0.433 e. The molecule has 0 amide bonds. The third-order valence-corrected chi connectivity index (χ3v) is 4.75. The van der Waals surface area contributed by atoms with E-state index in [1.54, 1.807) is 10.8 Å². The van der Waals surface area contributed by atoms with Crippen molar-refractivity contribution in [2.75, 3.05) is 0 Å². The highest BCUT2D eigenvalue weighted by molar-refractivity contribution is 5.84. The molecule has 2 aromatic carbocycles. The van der Waals surface area contributed by atoms with E-state index in [0.29, 0.717) is 17.0 Å². The van der Waals surface area contributed by atoms with Crippen LogP contribution in [0.4, 0.5) is 13.2 Å². The van der Waals surface area contributed by atoms with Crippen molar-refractivity contribution in [2.24, 2.45) is 0 Å². The summed E-state index contributed by atoms with van der Waals surface area (Å²) >= 11 is 0. The fourth-order valence-electron chi connectivity index (χ4n) is 3.41. The number of aromatic amines is 1. The number of nitrogens with zero attached hydrogens (tertiary/aromatic N) is 4. The van der Waals surface area contributed by atoms with E-state index in [2.05, 4.69) is 20.2 Å². The highest BCUT2D eigenvalue weighted by Crippen LogP contribution is 2.33. The predicted molar refractivity (Wildman–Crippen MR) is 104 cm³/mol. The molecule has 0 fully saturated rings. The summed E-state index contributed by atoms with van der Waals surface area (Å²) in [7, 11) is 0. The Labute approximate surface area is 162 Å². The van der Waals surface area contributed by atoms with Crippen LogP contribution >= 0.6 is 0 Å². The molecule has 0 saturated heterocycles. The molecule has 0 aliphatic heterocycles. The number of H-pyrrole nitrogens is 1. The van der Waals surface area contributed by atoms with Crippen molar-refractivity contribution < 1.29 is 13.2 Å². The molecule has 0 unspecified atom stereocenters. The first kappa shape index (κ1) is 17.4. The SMILES string of the molecule is Cc1cccc(-c2nc3ccc(C(F)(F)F)nc3n2-c2ccc3[nH]ncc3c2)c1. The van der Waals surface area contributed by atoms with E-state index in [9.17, 15) is 13.2 Å². The Hall–Kier alpha value is -3.68. The molecule has 5 rings (SSSR count). The molecule has 0 saturated carbocycles. The van der Waals surface area contributed by atoms with Crippen LogP contribution in [0.2, 0.25) is 0 Å². The maximum atomic E-state index is 13.3. The van der Waals surface area contributed by atoms with Crippen LogP contribution in [-0.4, -0.2) is 24.7 Å². The van der Waals surface area contributed by atoms with Crippen molar-refractivity contribution in [3.05, 3.63) is 72.1 Å². The van der Waals surface area contributed by atoms with Gasteiger partial charge in [0, 0.05) is 16.6 Å². The summed E-state index contributed by atoms with van der Waals surface area (Å²) in [6.07, 6.45) is -2.87. The van der Waals surface area contributed by atoms with Gasteiger partial charge in [-0.1, -0.05) is 23.8 Å². The summed E-state index contributed by atoms with van der Waals surface area (Å²) in [5.41, 5.74) is 2.90. The van der Waals surface area contributed by atoms with Gasteiger partial charge in [-0.3, -0.25) is 9.67 Å². The monoisotopic (exact) mass is 393 g/mol. The van der Waals surface area contributed by atoms with Gasteiger partial charge in [-0.15, -0.1) is 0 Å². The van der Waals surface area contributed by atoms with E-state index in [4.69, 9.17) is 0 Å². The number of aromatic nitrogens is 5. The summed E-state index contributed by atoms with van der Waals surface area (Å²) in [5.74, 6) is 0.526. The Morgan fingerprint density at radius 1 is 0.966 bits per heavy atom. The lowest BCUT2D eigenvalue weighted by Crippen LogP contribution is -2.08. The molecule has 0 radical (unpaired) electrons. The number of benzene rings is 2. The normalized spacial score (nSPS) is 12.1. The minimum absolute atomic E-state index is 0.152. The van der Waals surface area contributed by atoms with E-state index in [-0.39, 0.29) is 5.65 Å². The van der Waals surface area contributed by atoms with Crippen molar-refractivity contribution in [3.8, 4) is 17.1 Å². The first-order chi connectivity index (χ1) is 13.9. The van der Waals surface area contributed by atoms with Crippen LogP contribution in [0.5, 0.6) is 0 Å². The second-order valence-electron chi connectivity index (χ2n) is 6.82. The molecule has 3 aromatic heterocycles. The van der Waals surface area contributed by atoms with Crippen molar-refractivity contribution >= 4 is 22.1 Å². The zero-order valence-corrected chi connectivity index (χ0v) is 15.2. The largest absolute Gasteiger partial charge is 0.433 e. The summed E-state index contributed by atoms with van der Waals surface area (Å²) in [4.78, 5) is 8.51. The molecule has 144 valence electrons. The highest BCUT2D eigenvalue weighted by Gasteiger charge is 2.33. The molecule has 3 heterocycles. The zero-order valence-electron chi connectivity index (χ0n) is 15.2. The summed E-state index contributed by atoms with van der Waals surface area (Å²) in [6, 6.07) is 15.5. The molecular weight excluding hydrogens is 379 g/mol. The first-order valence-electron chi connectivity index (χ1n) is 8.87. The van der Waals surface area contributed by atoms with Gasteiger partial charge in [0.2, 0.25) is 0 Å². The van der Waals surface area contributed by atoms with Crippen molar-refractivity contribution in [2.45, 2.75) is 13.1 Å². The summed E-state index contributed by atoms with van der Waals surface area (Å²) in [6.45, 7) is 1.95. The smallest absolute Gasteiger partial charge is 0.278 e. The molecule has 8 heteroatoms. The van der Waals surface area contributed by atoms with Crippen LogP contribution in [0, 0.1) is 6.92 Å². The predicted octanol–water partition coefficient (Wildman–Crippen LogP) is 5.29. The number of fused-ring (bicyclic) bond motifs is 2. The van der Waals surface area contributed by atoms with Gasteiger partial charge in [0.1, 0.15) is 17.0 Å². The highest BCUT2D eigenvalue weighted by atomic mass is 19.4. The molecule has 0 aliphatic rings. The second-order valence-corrected chi connectivity index (χ2v) is 6.82. The third-order valence-electron chi connectivity index (χ3n) is 4.75. The summed E-state index contributed by atoms with van der Waals surface area (Å²) < 4.78 is 41.5. The lowest BCUT2D eigenvalue weighted by atomic mass is 10.1. The standard InChI is InChI=1S/C21H14F3N5/c1-12-3-2-4-13(9-12)19-26-17-7-8-18(21(22,23)24)27-20(17)29(19)15-5-6-16-14(10-15)11-25-28-16/h2-11H,1H3,(H,25,28). The van der Waals surface area contributed by atoms with Crippen molar-refractivity contribution in [1.29, 1.82) is 0 Å². The minimum Gasteiger partial charge on any atom is -0.278 e. The number of rotatable bonds is 2. The van der Waals surface area contributed by atoms with Crippen molar-refractivity contribution in [1.82, 2.24) is 24.7 Å². The van der Waals surface area contributed by atoms with Crippen LogP contribution in [0.1, 0.15) is 11.3 Å². The second kappa shape index (κ2) is 6.16. The van der Waals surface area contributed by atoms with Gasteiger partial charge in [0.25, 0.3) is 0 Å². The number of nitrogens with one attached hydrogen (secondary N) is 1. The lowest BCUT2D eigenvalue weighted by Gasteiger charge is -2.11. The molecule has 0 bridgehead atoms. The fourth-order valence-corrected chi connectivity index (χ4v) is 3.41. The average molecular weight is 393 g/mol. The van der Waals surface area contributed by atoms with Crippen molar-refractivity contribution in [3.63, 3.8) is 0 Å². The van der Waals surface area contributed by atoms with Crippen LogP contribution in [0.15, 0.2) is 60.8 Å². The van der Waals surface area contributed by atoms with E-state index in [1.807, 2.05) is 49.4 Å². The molecular formula is C21H14F3N5. The minimum atomic E-state index is -4.54. The number of imidazole rings is 1. The number of alkyl halides is 3. The Kier molecular flexibility index (Phi) is 3.70. The van der Waals surface area contributed by atoms with Gasteiger partial charge < -0.3 is 0 Å².